The molecule has 8 nitrogen and oxygen atoms in total. The highest BCUT2D eigenvalue weighted by molar-refractivity contribution is 5.97. The van der Waals surface area contributed by atoms with E-state index in [9.17, 15) is 9.59 Å². The smallest absolute Gasteiger partial charge is 0.410 e. The molecule has 8 heteroatoms. The Morgan fingerprint density at radius 1 is 0.964 bits per heavy atom. The highest BCUT2D eigenvalue weighted by Crippen LogP contribution is 2.33. The Balaban J connectivity index is 1.43. The number of ether oxygens (including phenoxy) is 1. The van der Waals surface area contributed by atoms with Gasteiger partial charge in [0.05, 0.1) is 23.6 Å². The minimum absolute atomic E-state index is 0.0221. The van der Waals surface area contributed by atoms with Crippen LogP contribution in [0.25, 0.3) is 5.69 Å². The predicted molar refractivity (Wildman–Crippen MR) is 102 cm³/mol. The largest absolute Gasteiger partial charge is 0.444 e. The van der Waals surface area contributed by atoms with Crippen LogP contribution in [0.3, 0.4) is 0 Å². The molecule has 4 rings (SSSR count). The summed E-state index contributed by atoms with van der Waals surface area (Å²) in [6.07, 6.45) is 2.91. The number of hydrogen-bond acceptors (Lipinski definition) is 5. The normalized spacial score (nSPS) is 21.7. The van der Waals surface area contributed by atoms with Crippen molar-refractivity contribution in [2.24, 2.45) is 11.8 Å². The molecule has 0 saturated carbocycles. The molecule has 2 unspecified atom stereocenters. The van der Waals surface area contributed by atoms with Gasteiger partial charge in [-0.1, -0.05) is 12.1 Å². The van der Waals surface area contributed by atoms with Crippen molar-refractivity contribution in [3.05, 3.63) is 42.2 Å². The third-order valence-corrected chi connectivity index (χ3v) is 5.19. The van der Waals surface area contributed by atoms with E-state index >= 15 is 0 Å². The average Bonchev–Trinajstić information content (AvgIpc) is 3.35. The lowest BCUT2D eigenvalue weighted by molar-refractivity contribution is 0.0275. The van der Waals surface area contributed by atoms with Crippen molar-refractivity contribution < 1.29 is 14.3 Å². The van der Waals surface area contributed by atoms with E-state index in [2.05, 4.69) is 10.2 Å². The van der Waals surface area contributed by atoms with Crippen molar-refractivity contribution in [1.82, 2.24) is 24.8 Å². The number of aromatic nitrogens is 3. The summed E-state index contributed by atoms with van der Waals surface area (Å²) in [6.45, 7) is 8.15. The van der Waals surface area contributed by atoms with Crippen molar-refractivity contribution in [1.29, 1.82) is 0 Å². The van der Waals surface area contributed by atoms with Crippen LogP contribution in [0.4, 0.5) is 4.79 Å². The molecule has 2 amide bonds. The van der Waals surface area contributed by atoms with E-state index in [0.717, 1.165) is 0 Å². The van der Waals surface area contributed by atoms with Crippen LogP contribution < -0.4 is 0 Å². The maximum Gasteiger partial charge on any atom is 0.410 e. The zero-order valence-corrected chi connectivity index (χ0v) is 16.4. The Labute approximate surface area is 164 Å². The van der Waals surface area contributed by atoms with Crippen LogP contribution in [0, 0.1) is 11.8 Å². The van der Waals surface area contributed by atoms with E-state index in [4.69, 9.17) is 4.74 Å². The van der Waals surface area contributed by atoms with E-state index < -0.39 is 5.60 Å². The SMILES string of the molecule is CC(C)(C)OC(=O)N1CC2CN(C(=O)c3ccccc3-n3nccn3)CC2C1. The summed E-state index contributed by atoms with van der Waals surface area (Å²) in [5, 5.41) is 8.30. The molecular formula is C20H25N5O3. The van der Waals surface area contributed by atoms with Crippen molar-refractivity contribution in [2.45, 2.75) is 26.4 Å². The molecule has 0 spiro atoms. The van der Waals surface area contributed by atoms with Gasteiger partial charge in [-0.05, 0) is 32.9 Å². The average molecular weight is 383 g/mol. The number of benzene rings is 1. The molecular weight excluding hydrogens is 358 g/mol. The van der Waals surface area contributed by atoms with Gasteiger partial charge >= 0.3 is 6.09 Å². The lowest BCUT2D eigenvalue weighted by atomic mass is 10.0. The fourth-order valence-electron chi connectivity index (χ4n) is 3.97. The van der Waals surface area contributed by atoms with Crippen LogP contribution in [0.15, 0.2) is 36.7 Å². The molecule has 2 saturated heterocycles. The summed E-state index contributed by atoms with van der Waals surface area (Å²) in [4.78, 5) is 30.6. The first-order valence-corrected chi connectivity index (χ1v) is 9.55. The Morgan fingerprint density at radius 2 is 1.54 bits per heavy atom. The van der Waals surface area contributed by atoms with Gasteiger partial charge in [-0.15, -0.1) is 0 Å². The highest BCUT2D eigenvalue weighted by atomic mass is 16.6. The Kier molecular flexibility index (Phi) is 4.56. The molecule has 0 radical (unpaired) electrons. The fourth-order valence-corrected chi connectivity index (χ4v) is 3.97. The van der Waals surface area contributed by atoms with Gasteiger partial charge in [0.25, 0.3) is 5.91 Å². The predicted octanol–water partition coefficient (Wildman–Crippen LogP) is 2.21. The third kappa shape index (κ3) is 3.58. The summed E-state index contributed by atoms with van der Waals surface area (Å²) in [5.74, 6) is 0.545. The minimum atomic E-state index is -0.499. The summed E-state index contributed by atoms with van der Waals surface area (Å²) in [5.41, 5.74) is 0.758. The maximum atomic E-state index is 13.1. The number of nitrogens with zero attached hydrogens (tertiary/aromatic N) is 5. The topological polar surface area (TPSA) is 80.6 Å². The van der Waals surface area contributed by atoms with Crippen LogP contribution in [-0.2, 0) is 4.74 Å². The van der Waals surface area contributed by atoms with Crippen LogP contribution in [0.5, 0.6) is 0 Å². The molecule has 2 fully saturated rings. The van der Waals surface area contributed by atoms with Crippen molar-refractivity contribution in [2.75, 3.05) is 26.2 Å². The maximum absolute atomic E-state index is 13.1. The Morgan fingerprint density at radius 3 is 2.14 bits per heavy atom. The van der Waals surface area contributed by atoms with Crippen molar-refractivity contribution in [3.8, 4) is 5.69 Å². The lowest BCUT2D eigenvalue weighted by Crippen LogP contribution is -2.38. The number of para-hydroxylation sites is 1. The first kappa shape index (κ1) is 18.5. The summed E-state index contributed by atoms with van der Waals surface area (Å²) >= 11 is 0. The van der Waals surface area contributed by atoms with Gasteiger partial charge in [-0.3, -0.25) is 4.79 Å². The highest BCUT2D eigenvalue weighted by Gasteiger charge is 2.44. The second-order valence-electron chi connectivity index (χ2n) is 8.45. The first-order chi connectivity index (χ1) is 13.3. The van der Waals surface area contributed by atoms with Gasteiger partial charge in [0.15, 0.2) is 0 Å². The molecule has 2 aliphatic rings. The number of rotatable bonds is 2. The van der Waals surface area contributed by atoms with E-state index in [1.165, 1.54) is 4.80 Å². The Hall–Kier alpha value is -2.90. The standard InChI is InChI=1S/C20H25N5O3/c1-20(2,3)28-19(27)24-12-14-10-23(11-15(14)13-24)18(26)16-6-4-5-7-17(16)25-21-8-9-22-25/h4-9,14-15H,10-13H2,1-3H3. The van der Waals surface area contributed by atoms with Crippen LogP contribution >= 0.6 is 0 Å². The van der Waals surface area contributed by atoms with E-state index in [-0.39, 0.29) is 23.8 Å². The molecule has 2 atom stereocenters. The molecule has 0 bridgehead atoms. The number of fused-ring (bicyclic) bond motifs is 1. The van der Waals surface area contributed by atoms with Gasteiger partial charge in [0, 0.05) is 38.0 Å². The second-order valence-corrected chi connectivity index (χ2v) is 8.45. The summed E-state index contributed by atoms with van der Waals surface area (Å²) < 4.78 is 5.48. The second kappa shape index (κ2) is 6.92. The van der Waals surface area contributed by atoms with Crippen LogP contribution in [-0.4, -0.2) is 68.6 Å². The quantitative estimate of drug-likeness (QED) is 0.794. The molecule has 2 aliphatic heterocycles. The van der Waals surface area contributed by atoms with Crippen molar-refractivity contribution >= 4 is 12.0 Å². The number of amides is 2. The summed E-state index contributed by atoms with van der Waals surface area (Å²) in [7, 11) is 0. The molecule has 1 aromatic carbocycles. The van der Waals surface area contributed by atoms with Gasteiger partial charge in [0.2, 0.25) is 0 Å². The van der Waals surface area contributed by atoms with Gasteiger partial charge < -0.3 is 14.5 Å². The fraction of sp³-hybridized carbons (Fsp3) is 0.500. The minimum Gasteiger partial charge on any atom is -0.444 e. The van der Waals surface area contributed by atoms with Gasteiger partial charge in [-0.2, -0.15) is 15.0 Å². The van der Waals surface area contributed by atoms with Crippen LogP contribution in [0.2, 0.25) is 0 Å². The number of carbonyl (C=O) groups is 2. The molecule has 0 N–H and O–H groups in total. The third-order valence-electron chi connectivity index (χ3n) is 5.19. The zero-order valence-electron chi connectivity index (χ0n) is 16.4. The van der Waals surface area contributed by atoms with E-state index in [1.54, 1.807) is 17.3 Å². The van der Waals surface area contributed by atoms with Crippen molar-refractivity contribution in [3.63, 3.8) is 0 Å². The zero-order chi connectivity index (χ0) is 19.9. The number of likely N-dealkylation sites (tertiary alicyclic amines) is 2. The lowest BCUT2D eigenvalue weighted by Gasteiger charge is -2.26. The van der Waals surface area contributed by atoms with E-state index in [0.29, 0.717) is 37.4 Å². The molecule has 0 aliphatic carbocycles. The Bertz CT molecular complexity index is 860. The molecule has 1 aromatic heterocycles. The van der Waals surface area contributed by atoms with Gasteiger partial charge in [0.1, 0.15) is 5.60 Å². The molecule has 2 aromatic rings. The van der Waals surface area contributed by atoms with Crippen LogP contribution in [0.1, 0.15) is 31.1 Å². The number of hydrogen-bond donors (Lipinski definition) is 0. The molecule has 28 heavy (non-hydrogen) atoms. The first-order valence-electron chi connectivity index (χ1n) is 9.55. The van der Waals surface area contributed by atoms with E-state index in [1.807, 2.05) is 49.9 Å². The number of carbonyl (C=O) groups excluding carboxylic acids is 2. The molecule has 148 valence electrons. The van der Waals surface area contributed by atoms with Gasteiger partial charge in [-0.25, -0.2) is 4.79 Å². The summed E-state index contributed by atoms with van der Waals surface area (Å²) in [6, 6.07) is 7.37. The molecule has 3 heterocycles. The monoisotopic (exact) mass is 383 g/mol.